The predicted octanol–water partition coefficient (Wildman–Crippen LogP) is 28.4. The highest BCUT2D eigenvalue weighted by Gasteiger charge is 2.81. The van der Waals surface area contributed by atoms with Gasteiger partial charge in [0.05, 0.1) is 6.61 Å². The molecule has 780 valence electrons. The Labute approximate surface area is 877 Å². The van der Waals surface area contributed by atoms with Crippen molar-refractivity contribution in [3.63, 3.8) is 0 Å². The molecule has 0 aliphatic heterocycles. The van der Waals surface area contributed by atoms with Crippen LogP contribution in [-0.2, 0) is 48.1 Å². The molecule has 0 saturated carbocycles. The third kappa shape index (κ3) is 35.2. The Balaban J connectivity index is 1.08. The van der Waals surface area contributed by atoms with Gasteiger partial charge in [0.25, 0.3) is 0 Å². The first-order valence-corrected chi connectivity index (χ1v) is 58.6. The fourth-order valence-electron chi connectivity index (χ4n) is 17.4. The number of aliphatic hydroxyl groups excluding tert-OH is 5. The Kier molecular flexibility index (Phi) is 49.0. The van der Waals surface area contributed by atoms with E-state index in [1.165, 1.54) is 222 Å². The molecule has 6 aromatic heterocycles. The van der Waals surface area contributed by atoms with Gasteiger partial charge in [-0.1, -0.05) is 341 Å². The smallest absolute Gasteiger partial charge is 0.440 e. The van der Waals surface area contributed by atoms with Crippen LogP contribution in [0, 0.1) is 0 Å². The number of unbranched alkanes of at least 4 members (excludes halogenated alkanes) is 36. The summed E-state index contributed by atoms with van der Waals surface area (Å²) >= 11 is 9.02. The summed E-state index contributed by atoms with van der Waals surface area (Å²) in [5.74, 6) is -10.9. The second-order valence-corrected chi connectivity index (χ2v) is 44.4. The summed E-state index contributed by atoms with van der Waals surface area (Å²) in [5.41, 5.74) is 4.16. The summed E-state index contributed by atoms with van der Waals surface area (Å²) in [4.78, 5) is 18.0. The maximum absolute atomic E-state index is 18.0. The molecule has 6 aromatic carbocycles. The number of hydrogen-bond donors (Lipinski definition) is 5. The first kappa shape index (κ1) is 113. The molecule has 0 aliphatic rings. The zero-order valence-corrected chi connectivity index (χ0v) is 90.7. The molecule has 0 amide bonds. The third-order valence-electron chi connectivity index (χ3n) is 26.1. The van der Waals surface area contributed by atoms with E-state index in [0.29, 0.717) is 52.3 Å². The van der Waals surface area contributed by atoms with Gasteiger partial charge in [0.1, 0.15) is 126 Å². The lowest BCUT2D eigenvalue weighted by molar-refractivity contribution is -0.385. The van der Waals surface area contributed by atoms with E-state index in [1.54, 1.807) is 104 Å². The maximum Gasteiger partial charge on any atom is 0.440 e. The molecule has 0 fully saturated rings. The number of carbonyl (C=O) groups excluding carboxylic acids is 1. The van der Waals surface area contributed by atoms with E-state index in [1.807, 2.05) is 48.5 Å². The molecule has 0 saturated heterocycles. The van der Waals surface area contributed by atoms with Crippen LogP contribution < -0.4 is 28.4 Å². The number of benzene rings is 6. The number of aryl methyl sites for hydroxylation is 6. The van der Waals surface area contributed by atoms with Crippen molar-refractivity contribution in [2.75, 3.05) is 13.2 Å². The van der Waals surface area contributed by atoms with Crippen molar-refractivity contribution in [1.29, 1.82) is 0 Å². The number of hydrogen-bond acceptors (Lipinski definition) is 31. The van der Waals surface area contributed by atoms with Gasteiger partial charge in [-0.15, -0.1) is 61.2 Å². The van der Waals surface area contributed by atoms with Crippen LogP contribution in [0.25, 0.3) is 63.4 Å². The Morgan fingerprint density at radius 1 is 0.257 bits per heavy atom. The van der Waals surface area contributed by atoms with E-state index in [-0.39, 0.29) is 34.5 Å². The summed E-state index contributed by atoms with van der Waals surface area (Å²) in [7, 11) is 0. The van der Waals surface area contributed by atoms with Gasteiger partial charge in [0.2, 0.25) is 0 Å². The second kappa shape index (κ2) is 62.1. The van der Waals surface area contributed by atoms with Gasteiger partial charge in [0, 0.05) is 78.8 Å². The molecule has 0 bridgehead atoms. The van der Waals surface area contributed by atoms with Crippen LogP contribution in [-0.4, -0.2) is 148 Å². The minimum absolute atomic E-state index is 0.000519. The van der Waals surface area contributed by atoms with Gasteiger partial charge in [-0.3, -0.25) is 0 Å². The van der Waals surface area contributed by atoms with Crippen molar-refractivity contribution in [1.82, 2.24) is 61.2 Å². The molecule has 6 heterocycles. The van der Waals surface area contributed by atoms with Crippen molar-refractivity contribution in [2.45, 2.75) is 398 Å². The molecule has 144 heavy (non-hydrogen) atoms. The van der Waals surface area contributed by atoms with Crippen LogP contribution in [0.5, 0.6) is 34.5 Å². The number of ether oxygens (including phenoxy) is 7. The molecular weight excluding hydrogens is 1930 g/mol. The average molecular weight is 2080 g/mol. The fourth-order valence-corrected chi connectivity index (χ4v) is 22.7. The largest absolute Gasteiger partial charge is 0.457 e. The summed E-state index contributed by atoms with van der Waals surface area (Å²) in [6, 6.07) is 42.4. The molecule has 4 atom stereocenters. The van der Waals surface area contributed by atoms with Crippen molar-refractivity contribution < 1.29 is 63.5 Å². The number of carbonyl (C=O) groups is 1. The van der Waals surface area contributed by atoms with E-state index in [2.05, 4.69) is 51.7 Å². The third-order valence-corrected chi connectivity index (χ3v) is 32.2. The number of aliphatic hydroxyl groups is 5. The number of aromatic nitrogens is 12. The Bertz CT molecular complexity index is 5240. The van der Waals surface area contributed by atoms with E-state index in [4.69, 9.17) is 84.1 Å². The van der Waals surface area contributed by atoms with E-state index < -0.39 is 61.0 Å². The van der Waals surface area contributed by atoms with E-state index in [9.17, 15) is 25.5 Å². The predicted molar refractivity (Wildman–Crippen MR) is 582 cm³/mol. The zero-order valence-electron chi connectivity index (χ0n) is 85.8. The van der Waals surface area contributed by atoms with E-state index in [0.717, 1.165) is 195 Å². The van der Waals surface area contributed by atoms with Gasteiger partial charge < -0.3 is 58.7 Å². The fraction of sp³-hybridized carbons (Fsp3) is 0.566. The molecule has 0 radical (unpaired) electrons. The van der Waals surface area contributed by atoms with Crippen LogP contribution in [0.2, 0.25) is 0 Å². The van der Waals surface area contributed by atoms with E-state index >= 15 is 4.79 Å². The van der Waals surface area contributed by atoms with Crippen molar-refractivity contribution in [3.05, 3.63) is 176 Å². The standard InChI is InChI=1S/C113H154N12O13S6/c1-8-14-20-26-32-38-44-50-96-114-120-104(139-96)82-56-68-88(69-57-82)133-111(7,134-89-70-58-83(59-71-89)105-121-115-97(140-105)51-45-39-33-27-21-15-9-2)113(137-92-76-64-86(65-77-92)108-124-118-100(143-108)54-48-42-36-30-24-18-12-5,138-93-78-66-87(67-79-93)109-125-119-101(144-109)55-49-43-37-31-25-19-13-6)112(110(131)132-81-95(128)103(130)102(129)94(127)80-126,135-90-72-60-84(61-73-90)106-122-116-98(141-106)52-46-40-34-28-22-16-10-3)136-91-74-62-85(63-75-91)107-123-117-99(142-107)53-47-41-35-29-23-17-11-4/h56-79,94-95,102-103,126-130H,8-55,80-81H2,1-7H3/t94-,95-,102-,103-/m1/s1. The first-order valence-electron chi connectivity index (χ1n) is 53.7. The maximum atomic E-state index is 18.0. The highest BCUT2D eigenvalue weighted by atomic mass is 32.1. The number of esters is 1. The monoisotopic (exact) mass is 2080 g/mol. The Morgan fingerprint density at radius 3 is 0.653 bits per heavy atom. The van der Waals surface area contributed by atoms with Crippen molar-refractivity contribution in [3.8, 4) is 97.9 Å². The molecule has 12 aromatic rings. The van der Waals surface area contributed by atoms with Crippen LogP contribution in [0.1, 0.15) is 348 Å². The molecule has 0 unspecified atom stereocenters. The minimum Gasteiger partial charge on any atom is -0.457 e. The summed E-state index contributed by atoms with van der Waals surface area (Å²) in [6.07, 6.45) is 44.3. The number of rotatable bonds is 75. The van der Waals surface area contributed by atoms with Gasteiger partial charge in [0.15, 0.2) is 0 Å². The Hall–Kier alpha value is -9.25. The SMILES string of the molecule is CCCCCCCCCc1nnc(-c2ccc(OC(C)(Oc3ccc(-c4nnc(CCCCCCCCC)s4)cc3)C(Oc3ccc(-c4nnc(CCCCCCCCC)s4)cc3)(Oc3ccc(-c4nnc(CCCCCCCCC)s4)cc3)C(Oc3ccc(-c4nnc(CCCCCCCCC)s4)cc3)(Oc3ccc(-c4nnc(CCCCCCCCC)s4)cc3)C(=O)OC[C@@H](O)[C@@H](O)[C@H](O)[C@H](O)CO)cc2)s1. The van der Waals surface area contributed by atoms with Gasteiger partial charge in [-0.25, -0.2) is 4.79 Å². The Morgan fingerprint density at radius 2 is 0.444 bits per heavy atom. The number of nitrogens with zero attached hydrogens (tertiary/aromatic N) is 12. The molecule has 0 aliphatic carbocycles. The summed E-state index contributed by atoms with van der Waals surface area (Å²) < 4.78 is 54.0. The van der Waals surface area contributed by atoms with Gasteiger partial charge >= 0.3 is 23.3 Å². The van der Waals surface area contributed by atoms with Crippen LogP contribution in [0.4, 0.5) is 0 Å². The normalized spacial score (nSPS) is 12.8. The molecule has 5 N–H and O–H groups in total. The molecule has 12 rings (SSSR count). The van der Waals surface area contributed by atoms with Crippen LogP contribution in [0.3, 0.4) is 0 Å². The molecule has 0 spiro atoms. The van der Waals surface area contributed by atoms with Crippen molar-refractivity contribution >= 4 is 74.0 Å². The zero-order chi connectivity index (χ0) is 101. The highest BCUT2D eigenvalue weighted by molar-refractivity contribution is 7.16. The summed E-state index contributed by atoms with van der Waals surface area (Å²) in [6.45, 7) is 12.8. The van der Waals surface area contributed by atoms with Crippen molar-refractivity contribution in [2.24, 2.45) is 0 Å². The lowest BCUT2D eigenvalue weighted by Crippen LogP contribution is -2.82. The van der Waals surface area contributed by atoms with Gasteiger partial charge in [-0.05, 0) is 184 Å². The molecular formula is C113H154N12O13S6. The lowest BCUT2D eigenvalue weighted by Gasteiger charge is -2.51. The lowest BCUT2D eigenvalue weighted by atomic mass is 9.93. The average Bonchev–Trinajstić information content (AvgIpc) is 0.993. The first-order chi connectivity index (χ1) is 70.5. The van der Waals surface area contributed by atoms with Crippen LogP contribution in [0.15, 0.2) is 146 Å². The highest BCUT2D eigenvalue weighted by Crippen LogP contribution is 2.50. The van der Waals surface area contributed by atoms with Crippen LogP contribution >= 0.6 is 68.0 Å². The topological polar surface area (TPSA) is 338 Å². The quantitative estimate of drug-likeness (QED) is 0.0134. The summed E-state index contributed by atoms with van der Waals surface area (Å²) in [5, 5.41) is 123. The molecule has 31 heteroatoms. The molecule has 25 nitrogen and oxygen atoms in total. The van der Waals surface area contributed by atoms with Gasteiger partial charge in [-0.2, -0.15) is 0 Å². The minimum atomic E-state index is -3.44. The second-order valence-electron chi connectivity index (χ2n) is 38.1.